The number of nitrogens with one attached hydrogen (secondary N) is 1. The summed E-state index contributed by atoms with van der Waals surface area (Å²) in [6.45, 7) is 2.06. The Morgan fingerprint density at radius 3 is 2.86 bits per heavy atom. The van der Waals surface area contributed by atoms with E-state index in [-0.39, 0.29) is 23.5 Å². The lowest BCUT2D eigenvalue weighted by atomic mass is 9.89. The highest BCUT2D eigenvalue weighted by Crippen LogP contribution is 2.38. The van der Waals surface area contributed by atoms with Gasteiger partial charge < -0.3 is 10.4 Å². The first-order chi connectivity index (χ1) is 9.48. The van der Waals surface area contributed by atoms with Crippen LogP contribution in [0.25, 0.3) is 0 Å². The monoisotopic (exact) mass is 324 g/mol. The highest BCUT2D eigenvalue weighted by Gasteiger charge is 2.35. The molecule has 2 aromatic rings. The maximum atomic E-state index is 11.0. The Balaban J connectivity index is 0.00000161. The predicted molar refractivity (Wildman–Crippen MR) is 84.6 cm³/mol. The van der Waals surface area contributed by atoms with Gasteiger partial charge >= 0.3 is 5.97 Å². The van der Waals surface area contributed by atoms with Crippen molar-refractivity contribution in [2.45, 2.75) is 18.9 Å². The number of anilines is 1. The Morgan fingerprint density at radius 1 is 1.43 bits per heavy atom. The lowest BCUT2D eigenvalue weighted by Gasteiger charge is -2.25. The van der Waals surface area contributed by atoms with Crippen molar-refractivity contribution in [2.24, 2.45) is 0 Å². The first kappa shape index (κ1) is 15.6. The Labute approximate surface area is 133 Å². The van der Waals surface area contributed by atoms with Gasteiger partial charge in [0.1, 0.15) is 5.82 Å². The van der Waals surface area contributed by atoms with Gasteiger partial charge in [0, 0.05) is 17.6 Å². The minimum Gasteiger partial charge on any atom is -0.478 e. The van der Waals surface area contributed by atoms with Crippen molar-refractivity contribution < 1.29 is 9.90 Å². The summed E-state index contributed by atoms with van der Waals surface area (Å²) in [5, 5.41) is 13.1. The number of hydrogen-bond donors (Lipinski definition) is 2. The molecule has 0 bridgehead atoms. The van der Waals surface area contributed by atoms with Gasteiger partial charge in [-0.15, -0.1) is 12.4 Å². The van der Waals surface area contributed by atoms with Crippen LogP contribution in [0.2, 0.25) is 5.02 Å². The Kier molecular flexibility index (Phi) is 4.12. The van der Waals surface area contributed by atoms with Gasteiger partial charge in [-0.1, -0.05) is 23.7 Å². The minimum atomic E-state index is -0.961. The summed E-state index contributed by atoms with van der Waals surface area (Å²) in [6.07, 6.45) is 2.05. The van der Waals surface area contributed by atoms with E-state index < -0.39 is 5.97 Å². The zero-order valence-electron chi connectivity index (χ0n) is 11.3. The van der Waals surface area contributed by atoms with Gasteiger partial charge in [0.05, 0.1) is 11.1 Å². The van der Waals surface area contributed by atoms with E-state index in [0.717, 1.165) is 16.9 Å². The fourth-order valence-corrected chi connectivity index (χ4v) is 2.76. The number of fused-ring (bicyclic) bond motifs is 1. The number of aromatic carboxylic acids is 1. The smallest absolute Gasteiger partial charge is 0.337 e. The summed E-state index contributed by atoms with van der Waals surface area (Å²) in [5.74, 6) is -0.228. The SMILES string of the molecule is C[C@]1(c2cccc(Cl)c2)Cc2cc(C(=O)O)cnc2N1.Cl. The number of aromatic nitrogens is 1. The quantitative estimate of drug-likeness (QED) is 0.883. The topological polar surface area (TPSA) is 62.2 Å². The normalized spacial score (nSPS) is 19.3. The third kappa shape index (κ3) is 2.82. The summed E-state index contributed by atoms with van der Waals surface area (Å²) in [4.78, 5) is 15.2. The molecule has 0 saturated heterocycles. The number of carbonyl (C=O) groups is 1. The average Bonchev–Trinajstić information content (AvgIpc) is 2.75. The third-order valence-electron chi connectivity index (χ3n) is 3.61. The maximum Gasteiger partial charge on any atom is 0.337 e. The van der Waals surface area contributed by atoms with Crippen molar-refractivity contribution in [1.82, 2.24) is 4.98 Å². The van der Waals surface area contributed by atoms with Gasteiger partial charge in [0.15, 0.2) is 0 Å². The minimum absolute atomic E-state index is 0. The number of benzene rings is 1. The van der Waals surface area contributed by atoms with Crippen LogP contribution in [0, 0.1) is 0 Å². The third-order valence-corrected chi connectivity index (χ3v) is 3.85. The molecule has 110 valence electrons. The van der Waals surface area contributed by atoms with Crippen LogP contribution in [0.1, 0.15) is 28.4 Å². The number of hydrogen-bond acceptors (Lipinski definition) is 3. The molecule has 1 aliphatic heterocycles. The maximum absolute atomic E-state index is 11.0. The van der Waals surface area contributed by atoms with Crippen molar-refractivity contribution in [3.63, 3.8) is 0 Å². The first-order valence-corrected chi connectivity index (χ1v) is 6.62. The van der Waals surface area contributed by atoms with E-state index in [1.807, 2.05) is 24.3 Å². The molecule has 0 unspecified atom stereocenters. The van der Waals surface area contributed by atoms with Gasteiger partial charge in [0.25, 0.3) is 0 Å². The van der Waals surface area contributed by atoms with Crippen LogP contribution in [0.5, 0.6) is 0 Å². The molecular weight excluding hydrogens is 311 g/mol. The van der Waals surface area contributed by atoms with Crippen molar-refractivity contribution >= 4 is 35.8 Å². The van der Waals surface area contributed by atoms with Gasteiger partial charge in [-0.2, -0.15) is 0 Å². The number of rotatable bonds is 2. The summed E-state index contributed by atoms with van der Waals surface area (Å²) >= 11 is 6.04. The summed E-state index contributed by atoms with van der Waals surface area (Å²) in [7, 11) is 0. The van der Waals surface area contributed by atoms with Crippen molar-refractivity contribution in [1.29, 1.82) is 0 Å². The molecule has 0 aliphatic carbocycles. The Morgan fingerprint density at radius 2 is 2.19 bits per heavy atom. The molecule has 21 heavy (non-hydrogen) atoms. The lowest BCUT2D eigenvalue weighted by Crippen LogP contribution is -2.29. The second-order valence-corrected chi connectivity index (χ2v) is 5.62. The molecule has 1 aromatic heterocycles. The van der Waals surface area contributed by atoms with E-state index in [1.54, 1.807) is 6.07 Å². The van der Waals surface area contributed by atoms with E-state index in [9.17, 15) is 4.79 Å². The highest BCUT2D eigenvalue weighted by atomic mass is 35.5. The van der Waals surface area contributed by atoms with Gasteiger partial charge in [-0.3, -0.25) is 0 Å². The summed E-state index contributed by atoms with van der Waals surface area (Å²) < 4.78 is 0. The molecule has 4 nitrogen and oxygen atoms in total. The lowest BCUT2D eigenvalue weighted by molar-refractivity contribution is 0.0696. The number of nitrogens with zero attached hydrogens (tertiary/aromatic N) is 1. The van der Waals surface area contributed by atoms with E-state index in [1.165, 1.54) is 6.20 Å². The van der Waals surface area contributed by atoms with Crippen LogP contribution in [-0.4, -0.2) is 16.1 Å². The predicted octanol–water partition coefficient (Wildman–Crippen LogP) is 3.74. The molecule has 0 saturated carbocycles. The van der Waals surface area contributed by atoms with Crippen LogP contribution >= 0.6 is 24.0 Å². The molecule has 6 heteroatoms. The molecule has 1 aliphatic rings. The second kappa shape index (κ2) is 5.54. The number of pyridine rings is 1. The van der Waals surface area contributed by atoms with Crippen LogP contribution in [0.4, 0.5) is 5.82 Å². The summed E-state index contributed by atoms with van der Waals surface area (Å²) in [6, 6.07) is 9.33. The molecule has 2 N–H and O–H groups in total. The van der Waals surface area contributed by atoms with E-state index in [2.05, 4.69) is 17.2 Å². The van der Waals surface area contributed by atoms with Crippen LogP contribution < -0.4 is 5.32 Å². The van der Waals surface area contributed by atoms with E-state index in [0.29, 0.717) is 11.4 Å². The van der Waals surface area contributed by atoms with E-state index >= 15 is 0 Å². The number of halogens is 2. The molecule has 1 aromatic carbocycles. The van der Waals surface area contributed by atoms with E-state index in [4.69, 9.17) is 16.7 Å². The van der Waals surface area contributed by atoms with Crippen LogP contribution in [-0.2, 0) is 12.0 Å². The Bertz CT molecular complexity index is 706. The molecule has 0 amide bonds. The highest BCUT2D eigenvalue weighted by molar-refractivity contribution is 6.30. The fraction of sp³-hybridized carbons (Fsp3) is 0.200. The van der Waals surface area contributed by atoms with Crippen molar-refractivity contribution in [2.75, 3.05) is 5.32 Å². The largest absolute Gasteiger partial charge is 0.478 e. The fourth-order valence-electron chi connectivity index (χ4n) is 2.57. The zero-order chi connectivity index (χ0) is 14.3. The zero-order valence-corrected chi connectivity index (χ0v) is 12.8. The molecule has 0 fully saturated rings. The molecular formula is C15H14Cl2N2O2. The molecule has 0 radical (unpaired) electrons. The van der Waals surface area contributed by atoms with Crippen molar-refractivity contribution in [3.05, 3.63) is 58.2 Å². The number of carboxylic acids is 1. The first-order valence-electron chi connectivity index (χ1n) is 6.24. The van der Waals surface area contributed by atoms with Crippen molar-refractivity contribution in [3.8, 4) is 0 Å². The van der Waals surface area contributed by atoms with Gasteiger partial charge in [-0.05, 0) is 36.2 Å². The average molecular weight is 325 g/mol. The Hall–Kier alpha value is -1.78. The van der Waals surface area contributed by atoms with Crippen LogP contribution in [0.3, 0.4) is 0 Å². The molecule has 0 spiro atoms. The molecule has 1 atom stereocenters. The summed E-state index contributed by atoms with van der Waals surface area (Å²) in [5.41, 5.74) is 1.85. The molecule has 3 rings (SSSR count). The standard InChI is InChI=1S/C15H13ClN2O2.ClH/c1-15(11-3-2-4-12(16)6-11)7-9-5-10(14(19)20)8-17-13(9)18-15;/h2-6,8H,7H2,1H3,(H,17,18)(H,19,20);1H/t15-;/m1./s1. The van der Waals surface area contributed by atoms with Gasteiger partial charge in [-0.25, -0.2) is 9.78 Å². The van der Waals surface area contributed by atoms with Crippen LogP contribution in [0.15, 0.2) is 36.5 Å². The number of carboxylic acid groups (broad SMARTS) is 1. The second-order valence-electron chi connectivity index (χ2n) is 5.18. The molecule has 2 heterocycles. The van der Waals surface area contributed by atoms with Gasteiger partial charge in [0.2, 0.25) is 0 Å².